The first-order valence-corrected chi connectivity index (χ1v) is 12.8. The van der Waals surface area contributed by atoms with E-state index in [0.29, 0.717) is 28.6 Å². The van der Waals surface area contributed by atoms with Gasteiger partial charge in [0.25, 0.3) is 5.91 Å². The molecule has 1 aliphatic heterocycles. The van der Waals surface area contributed by atoms with Gasteiger partial charge in [-0.15, -0.1) is 0 Å². The molecule has 36 heavy (non-hydrogen) atoms. The van der Waals surface area contributed by atoms with Gasteiger partial charge in [-0.05, 0) is 74.9 Å². The first-order chi connectivity index (χ1) is 17.4. The van der Waals surface area contributed by atoms with Gasteiger partial charge in [-0.3, -0.25) is 9.78 Å². The lowest BCUT2D eigenvalue weighted by Gasteiger charge is -2.22. The molecule has 0 saturated carbocycles. The van der Waals surface area contributed by atoms with Gasteiger partial charge in [0, 0.05) is 35.7 Å². The monoisotopic (exact) mass is 510 g/mol. The molecule has 1 aromatic carbocycles. The number of nitrogens with one attached hydrogen (secondary N) is 3. The summed E-state index contributed by atoms with van der Waals surface area (Å²) in [5.74, 6) is 0.873. The van der Waals surface area contributed by atoms with Crippen molar-refractivity contribution in [3.05, 3.63) is 64.8 Å². The number of hydrogen-bond donors (Lipinski definition) is 3. The average molecular weight is 511 g/mol. The van der Waals surface area contributed by atoms with Crippen LogP contribution in [0.5, 0.6) is 0 Å². The number of amides is 1. The first kappa shape index (κ1) is 26.0. The van der Waals surface area contributed by atoms with E-state index in [1.54, 1.807) is 18.5 Å². The van der Waals surface area contributed by atoms with Crippen LogP contribution in [0.2, 0.25) is 5.02 Å². The summed E-state index contributed by atoms with van der Waals surface area (Å²) in [5, 5.41) is 10.1. The Labute approximate surface area is 216 Å². The molecule has 7 nitrogen and oxygen atoms in total. The van der Waals surface area contributed by atoms with Crippen LogP contribution >= 0.6 is 11.6 Å². The molecule has 3 aromatic rings. The lowest BCUT2D eigenvalue weighted by atomic mass is 9.93. The van der Waals surface area contributed by atoms with Crippen molar-refractivity contribution < 1.29 is 9.18 Å². The minimum absolute atomic E-state index is 0.0971. The van der Waals surface area contributed by atoms with E-state index in [9.17, 15) is 9.18 Å². The van der Waals surface area contributed by atoms with Gasteiger partial charge in [-0.1, -0.05) is 25.4 Å². The average Bonchev–Trinajstić information content (AvgIpc) is 2.88. The van der Waals surface area contributed by atoms with Crippen LogP contribution in [0.3, 0.4) is 0 Å². The predicted octanol–water partition coefficient (Wildman–Crippen LogP) is 5.71. The van der Waals surface area contributed by atoms with E-state index in [4.69, 9.17) is 11.6 Å². The van der Waals surface area contributed by atoms with Crippen LogP contribution in [-0.2, 0) is 0 Å². The van der Waals surface area contributed by atoms with Crippen LogP contribution in [0.4, 0.5) is 15.9 Å². The van der Waals surface area contributed by atoms with Gasteiger partial charge in [-0.2, -0.15) is 0 Å². The minimum atomic E-state index is -0.462. The number of rotatable bonds is 9. The standard InChI is InChI=1S/C27H32ClFN6O/c1-17(2)21-16-33-25(20-14-19(28)5-6-23(20)29)35-26(21)34-24-9-13-31-15-22(24)27(36)32-10-3-4-18-7-11-30-12-8-18/h5-6,9,13-18,30H,3-4,7-8,10-12H2,1-2H3,(H,32,36)(H,31,33,34,35). The zero-order valence-electron chi connectivity index (χ0n) is 20.7. The maximum atomic E-state index is 14.5. The zero-order chi connectivity index (χ0) is 25.5. The van der Waals surface area contributed by atoms with Crippen LogP contribution in [0.15, 0.2) is 42.9 Å². The molecule has 0 unspecified atom stereocenters. The van der Waals surface area contributed by atoms with Gasteiger partial charge in [0.05, 0.1) is 16.8 Å². The second kappa shape index (κ2) is 12.2. The molecule has 1 fully saturated rings. The van der Waals surface area contributed by atoms with E-state index >= 15 is 0 Å². The number of benzene rings is 1. The van der Waals surface area contributed by atoms with E-state index < -0.39 is 5.82 Å². The Morgan fingerprint density at radius 1 is 1.22 bits per heavy atom. The highest BCUT2D eigenvalue weighted by atomic mass is 35.5. The van der Waals surface area contributed by atoms with Crippen molar-refractivity contribution in [3.63, 3.8) is 0 Å². The number of pyridine rings is 1. The Hall–Kier alpha value is -3.10. The van der Waals surface area contributed by atoms with Gasteiger partial charge in [0.15, 0.2) is 5.82 Å². The third kappa shape index (κ3) is 6.56. The maximum Gasteiger partial charge on any atom is 0.254 e. The summed E-state index contributed by atoms with van der Waals surface area (Å²) >= 11 is 6.08. The van der Waals surface area contributed by atoms with Gasteiger partial charge < -0.3 is 16.0 Å². The van der Waals surface area contributed by atoms with Crippen LogP contribution < -0.4 is 16.0 Å². The largest absolute Gasteiger partial charge is 0.352 e. The molecular formula is C27H32ClFN6O. The highest BCUT2D eigenvalue weighted by molar-refractivity contribution is 6.30. The normalized spacial score (nSPS) is 14.1. The van der Waals surface area contributed by atoms with Gasteiger partial charge in [0.1, 0.15) is 11.6 Å². The lowest BCUT2D eigenvalue weighted by Crippen LogP contribution is -2.29. The van der Waals surface area contributed by atoms with Crippen LogP contribution in [0.1, 0.15) is 61.4 Å². The Morgan fingerprint density at radius 3 is 2.81 bits per heavy atom. The summed E-state index contributed by atoms with van der Waals surface area (Å²) in [6.07, 6.45) is 9.28. The molecule has 1 amide bonds. The number of nitrogens with zero attached hydrogens (tertiary/aromatic N) is 3. The smallest absolute Gasteiger partial charge is 0.254 e. The number of piperidine rings is 1. The number of aromatic nitrogens is 3. The van der Waals surface area contributed by atoms with E-state index in [0.717, 1.165) is 37.4 Å². The number of carbonyl (C=O) groups excluding carboxylic acids is 1. The minimum Gasteiger partial charge on any atom is -0.352 e. The molecule has 0 aliphatic carbocycles. The molecule has 2 aromatic heterocycles. The Kier molecular flexibility index (Phi) is 8.83. The molecule has 3 heterocycles. The van der Waals surface area contributed by atoms with Crippen molar-refractivity contribution in [2.75, 3.05) is 25.0 Å². The molecule has 0 spiro atoms. The van der Waals surface area contributed by atoms with E-state index in [2.05, 4.69) is 30.9 Å². The molecule has 3 N–H and O–H groups in total. The van der Waals surface area contributed by atoms with Crippen molar-refractivity contribution in [2.24, 2.45) is 5.92 Å². The fraction of sp³-hybridized carbons (Fsp3) is 0.407. The third-order valence-corrected chi connectivity index (χ3v) is 6.70. The number of hydrogen-bond acceptors (Lipinski definition) is 6. The van der Waals surface area contributed by atoms with Crippen LogP contribution in [0, 0.1) is 11.7 Å². The lowest BCUT2D eigenvalue weighted by molar-refractivity contribution is 0.0952. The molecule has 4 rings (SSSR count). The molecule has 190 valence electrons. The zero-order valence-corrected chi connectivity index (χ0v) is 21.4. The first-order valence-electron chi connectivity index (χ1n) is 12.4. The highest BCUT2D eigenvalue weighted by Crippen LogP contribution is 2.30. The highest BCUT2D eigenvalue weighted by Gasteiger charge is 2.18. The number of halogens is 2. The molecule has 0 bridgehead atoms. The second-order valence-corrected chi connectivity index (χ2v) is 9.85. The van der Waals surface area contributed by atoms with Crippen LogP contribution in [-0.4, -0.2) is 40.5 Å². The summed E-state index contributed by atoms with van der Waals surface area (Å²) in [6.45, 7) is 6.81. The summed E-state index contributed by atoms with van der Waals surface area (Å²) in [4.78, 5) is 26.1. The van der Waals surface area contributed by atoms with Gasteiger partial charge in [-0.25, -0.2) is 14.4 Å². The third-order valence-electron chi connectivity index (χ3n) is 6.46. The molecule has 9 heteroatoms. The summed E-state index contributed by atoms with van der Waals surface area (Å²) < 4.78 is 14.5. The van der Waals surface area contributed by atoms with Crippen LogP contribution in [0.25, 0.3) is 11.4 Å². The molecular weight excluding hydrogens is 479 g/mol. The van der Waals surface area contributed by atoms with Crippen molar-refractivity contribution in [3.8, 4) is 11.4 Å². The van der Waals surface area contributed by atoms with E-state index in [1.165, 1.54) is 37.2 Å². The van der Waals surface area contributed by atoms with E-state index in [-0.39, 0.29) is 23.2 Å². The van der Waals surface area contributed by atoms with Crippen molar-refractivity contribution in [2.45, 2.75) is 45.4 Å². The Morgan fingerprint density at radius 2 is 2.03 bits per heavy atom. The second-order valence-electron chi connectivity index (χ2n) is 9.41. The van der Waals surface area contributed by atoms with E-state index in [1.807, 2.05) is 13.8 Å². The topological polar surface area (TPSA) is 91.8 Å². The number of anilines is 2. The fourth-order valence-corrected chi connectivity index (χ4v) is 4.55. The fourth-order valence-electron chi connectivity index (χ4n) is 4.38. The predicted molar refractivity (Wildman–Crippen MR) is 141 cm³/mol. The SMILES string of the molecule is CC(C)c1cnc(-c2cc(Cl)ccc2F)nc1Nc1ccncc1C(=O)NCCCC1CCNCC1. The van der Waals surface area contributed by atoms with Gasteiger partial charge in [0.2, 0.25) is 0 Å². The Bertz CT molecular complexity index is 1200. The molecule has 0 radical (unpaired) electrons. The summed E-state index contributed by atoms with van der Waals surface area (Å²) in [5.41, 5.74) is 2.04. The summed E-state index contributed by atoms with van der Waals surface area (Å²) in [7, 11) is 0. The number of carbonyl (C=O) groups is 1. The quantitative estimate of drug-likeness (QED) is 0.319. The van der Waals surface area contributed by atoms with Crippen molar-refractivity contribution in [1.82, 2.24) is 25.6 Å². The molecule has 1 aliphatic rings. The summed E-state index contributed by atoms with van der Waals surface area (Å²) in [6, 6.07) is 6.01. The van der Waals surface area contributed by atoms with Gasteiger partial charge >= 0.3 is 0 Å². The maximum absolute atomic E-state index is 14.5. The molecule has 0 atom stereocenters. The Balaban J connectivity index is 1.51. The van der Waals surface area contributed by atoms with Crippen molar-refractivity contribution in [1.29, 1.82) is 0 Å². The molecule has 1 saturated heterocycles. The van der Waals surface area contributed by atoms with Crippen molar-refractivity contribution >= 4 is 29.0 Å².